The van der Waals surface area contributed by atoms with E-state index in [9.17, 15) is 14.7 Å². The Kier molecular flexibility index (Phi) is 4.73. The molecule has 0 saturated heterocycles. The Morgan fingerprint density at radius 3 is 2.65 bits per heavy atom. The highest BCUT2D eigenvalue weighted by Crippen LogP contribution is 2.22. The van der Waals surface area contributed by atoms with Crippen molar-refractivity contribution in [2.24, 2.45) is 12.1 Å². The Morgan fingerprint density at radius 1 is 1.23 bits per heavy atom. The lowest BCUT2D eigenvalue weighted by Gasteiger charge is -2.08. The number of carbonyl (C=O) groups excluding carboxylic acids is 1. The number of nitrogens with zero attached hydrogens (tertiary/aromatic N) is 3. The second kappa shape index (κ2) is 6.97. The molecule has 1 amide bonds. The van der Waals surface area contributed by atoms with Crippen LogP contribution in [-0.2, 0) is 7.05 Å². The molecule has 0 atom stereocenters. The number of benzene rings is 2. The molecule has 132 valence electrons. The van der Waals surface area contributed by atoms with Crippen LogP contribution in [0.15, 0.2) is 52.4 Å². The summed E-state index contributed by atoms with van der Waals surface area (Å²) in [6.45, 7) is 1.62. The van der Waals surface area contributed by atoms with Crippen molar-refractivity contribution in [3.8, 4) is 5.75 Å². The minimum absolute atomic E-state index is 0.00409. The first-order chi connectivity index (χ1) is 12.4. The monoisotopic (exact) mass is 370 g/mol. The Bertz CT molecular complexity index is 1110. The number of rotatable bonds is 3. The van der Waals surface area contributed by atoms with Gasteiger partial charge in [0.25, 0.3) is 11.5 Å². The van der Waals surface area contributed by atoms with Gasteiger partial charge in [-0.15, -0.1) is 0 Å². The van der Waals surface area contributed by atoms with E-state index in [0.717, 1.165) is 4.68 Å². The largest absolute Gasteiger partial charge is 0.507 e. The van der Waals surface area contributed by atoms with Crippen LogP contribution in [0.25, 0.3) is 10.8 Å². The van der Waals surface area contributed by atoms with Gasteiger partial charge in [0.05, 0.1) is 11.1 Å². The summed E-state index contributed by atoms with van der Waals surface area (Å²) in [5, 5.41) is 19.2. The molecule has 7 nitrogen and oxygen atoms in total. The van der Waals surface area contributed by atoms with Crippen molar-refractivity contribution in [1.29, 1.82) is 0 Å². The topological polar surface area (TPSA) is 96.6 Å². The lowest BCUT2D eigenvalue weighted by atomic mass is 10.1. The summed E-state index contributed by atoms with van der Waals surface area (Å²) in [4.78, 5) is 24.6. The number of halogens is 1. The van der Waals surface area contributed by atoms with Gasteiger partial charge in [-0.1, -0.05) is 29.8 Å². The fourth-order valence-electron chi connectivity index (χ4n) is 2.51. The number of hydrogen-bond acceptors (Lipinski definition) is 5. The number of phenols is 1. The zero-order chi connectivity index (χ0) is 18.8. The molecule has 1 aromatic heterocycles. The molecule has 0 fully saturated rings. The second-order valence-electron chi connectivity index (χ2n) is 5.62. The SMILES string of the molecule is C/C(=N\NC(=O)c1nn(C)c(=O)c2ccccc12)c1cc(Cl)ccc1O. The van der Waals surface area contributed by atoms with Gasteiger partial charge in [-0.05, 0) is 31.2 Å². The molecule has 2 aromatic carbocycles. The Morgan fingerprint density at radius 2 is 1.92 bits per heavy atom. The summed E-state index contributed by atoms with van der Waals surface area (Å²) < 4.78 is 1.11. The van der Waals surface area contributed by atoms with Crippen LogP contribution in [0.5, 0.6) is 5.75 Å². The van der Waals surface area contributed by atoms with Crippen LogP contribution < -0.4 is 11.0 Å². The van der Waals surface area contributed by atoms with Gasteiger partial charge in [0, 0.05) is 23.0 Å². The summed E-state index contributed by atoms with van der Waals surface area (Å²) >= 11 is 5.92. The van der Waals surface area contributed by atoms with E-state index in [1.807, 2.05) is 0 Å². The molecule has 3 aromatic rings. The van der Waals surface area contributed by atoms with E-state index in [1.54, 1.807) is 43.3 Å². The standard InChI is InChI=1S/C18H15ClN4O3/c1-10(14-9-11(19)7-8-15(14)24)20-21-17(25)16-12-5-3-4-6-13(12)18(26)23(2)22-16/h3-9,24H,1-2H3,(H,21,25)/b20-10+. The molecule has 0 saturated carbocycles. The number of hydrazone groups is 1. The third kappa shape index (κ3) is 3.29. The predicted octanol–water partition coefficient (Wildman–Crippen LogP) is 2.45. The summed E-state index contributed by atoms with van der Waals surface area (Å²) in [5.41, 5.74) is 2.95. The number of carbonyl (C=O) groups is 1. The maximum Gasteiger partial charge on any atom is 0.292 e. The number of aromatic hydroxyl groups is 1. The van der Waals surface area contributed by atoms with Crippen molar-refractivity contribution in [1.82, 2.24) is 15.2 Å². The molecule has 0 spiro atoms. The Hall–Kier alpha value is -3.19. The minimum atomic E-state index is -0.572. The lowest BCUT2D eigenvalue weighted by molar-refractivity contribution is 0.0949. The molecule has 0 radical (unpaired) electrons. The Labute approximate surface area is 153 Å². The fourth-order valence-corrected chi connectivity index (χ4v) is 2.69. The third-order valence-electron chi connectivity index (χ3n) is 3.85. The van der Waals surface area contributed by atoms with Crippen molar-refractivity contribution < 1.29 is 9.90 Å². The first kappa shape index (κ1) is 17.6. The van der Waals surface area contributed by atoms with E-state index in [1.165, 1.54) is 13.1 Å². The van der Waals surface area contributed by atoms with E-state index in [0.29, 0.717) is 27.1 Å². The van der Waals surface area contributed by atoms with Gasteiger partial charge in [0.2, 0.25) is 0 Å². The minimum Gasteiger partial charge on any atom is -0.507 e. The normalized spacial score (nSPS) is 11.6. The highest BCUT2D eigenvalue weighted by atomic mass is 35.5. The van der Waals surface area contributed by atoms with Gasteiger partial charge in [-0.25, -0.2) is 10.1 Å². The molecule has 1 heterocycles. The van der Waals surface area contributed by atoms with Crippen molar-refractivity contribution in [3.63, 3.8) is 0 Å². The predicted molar refractivity (Wildman–Crippen MR) is 99.8 cm³/mol. The molecule has 0 aliphatic heterocycles. The van der Waals surface area contributed by atoms with Crippen molar-refractivity contribution >= 4 is 34.0 Å². The van der Waals surface area contributed by atoms with Gasteiger partial charge < -0.3 is 5.11 Å². The van der Waals surface area contributed by atoms with Gasteiger partial charge in [0.15, 0.2) is 5.69 Å². The number of hydrogen-bond donors (Lipinski definition) is 2. The average Bonchev–Trinajstić information content (AvgIpc) is 2.64. The number of nitrogens with one attached hydrogen (secondary N) is 1. The molecule has 0 aliphatic carbocycles. The third-order valence-corrected chi connectivity index (χ3v) is 4.08. The first-order valence-electron chi connectivity index (χ1n) is 7.68. The average molecular weight is 371 g/mol. The van der Waals surface area contributed by atoms with E-state index in [4.69, 9.17) is 11.6 Å². The van der Waals surface area contributed by atoms with Crippen LogP contribution in [0.4, 0.5) is 0 Å². The number of phenolic OH excluding ortho intramolecular Hbond substituents is 1. The van der Waals surface area contributed by atoms with Crippen LogP contribution in [0.3, 0.4) is 0 Å². The molecule has 2 N–H and O–H groups in total. The number of amides is 1. The molecule has 0 unspecified atom stereocenters. The maximum atomic E-state index is 12.5. The van der Waals surface area contributed by atoms with Gasteiger partial charge >= 0.3 is 0 Å². The zero-order valence-corrected chi connectivity index (χ0v) is 14.8. The fraction of sp³-hybridized carbons (Fsp3) is 0.111. The number of fused-ring (bicyclic) bond motifs is 1. The summed E-state index contributed by atoms with van der Waals surface area (Å²) in [7, 11) is 1.48. The van der Waals surface area contributed by atoms with Crippen LogP contribution in [0.1, 0.15) is 23.0 Å². The van der Waals surface area contributed by atoms with E-state index in [2.05, 4.69) is 15.6 Å². The smallest absolute Gasteiger partial charge is 0.292 e. The molecule has 8 heteroatoms. The quantitative estimate of drug-likeness (QED) is 0.546. The molecule has 0 aliphatic rings. The summed E-state index contributed by atoms with van der Waals surface area (Å²) in [6.07, 6.45) is 0. The number of aryl methyl sites for hydroxylation is 1. The van der Waals surface area contributed by atoms with Crippen molar-refractivity contribution in [2.45, 2.75) is 6.92 Å². The zero-order valence-electron chi connectivity index (χ0n) is 14.0. The van der Waals surface area contributed by atoms with Crippen LogP contribution >= 0.6 is 11.6 Å². The highest BCUT2D eigenvalue weighted by molar-refractivity contribution is 6.31. The number of aromatic nitrogens is 2. The van der Waals surface area contributed by atoms with Crippen molar-refractivity contribution in [2.75, 3.05) is 0 Å². The van der Waals surface area contributed by atoms with Crippen molar-refractivity contribution in [3.05, 3.63) is 69.1 Å². The van der Waals surface area contributed by atoms with Gasteiger partial charge in [-0.3, -0.25) is 9.59 Å². The lowest BCUT2D eigenvalue weighted by Crippen LogP contribution is -2.27. The first-order valence-corrected chi connectivity index (χ1v) is 8.06. The molecular formula is C18H15ClN4O3. The maximum absolute atomic E-state index is 12.5. The van der Waals surface area contributed by atoms with Gasteiger partial charge in [0.1, 0.15) is 5.75 Å². The van der Waals surface area contributed by atoms with Crippen LogP contribution in [0, 0.1) is 0 Å². The van der Waals surface area contributed by atoms with E-state index >= 15 is 0 Å². The summed E-state index contributed by atoms with van der Waals surface area (Å²) in [5.74, 6) is -0.576. The highest BCUT2D eigenvalue weighted by Gasteiger charge is 2.15. The van der Waals surface area contributed by atoms with Gasteiger partial charge in [-0.2, -0.15) is 10.2 Å². The molecule has 3 rings (SSSR count). The Balaban J connectivity index is 1.96. The van der Waals surface area contributed by atoms with Crippen LogP contribution in [0.2, 0.25) is 5.02 Å². The van der Waals surface area contributed by atoms with Crippen LogP contribution in [-0.4, -0.2) is 26.5 Å². The summed E-state index contributed by atoms with van der Waals surface area (Å²) in [6, 6.07) is 11.3. The molecular weight excluding hydrogens is 356 g/mol. The second-order valence-corrected chi connectivity index (χ2v) is 6.06. The van der Waals surface area contributed by atoms with E-state index in [-0.39, 0.29) is 17.0 Å². The van der Waals surface area contributed by atoms with E-state index < -0.39 is 5.91 Å². The molecule has 26 heavy (non-hydrogen) atoms. The molecule has 0 bridgehead atoms.